The van der Waals surface area contributed by atoms with Gasteiger partial charge < -0.3 is 14.7 Å². The molecule has 1 N–H and O–H groups in total. The van der Waals surface area contributed by atoms with E-state index in [1.54, 1.807) is 4.90 Å². The highest BCUT2D eigenvalue weighted by Gasteiger charge is 2.36. The first-order chi connectivity index (χ1) is 11.8. The van der Waals surface area contributed by atoms with Crippen molar-refractivity contribution in [3.63, 3.8) is 0 Å². The standard InChI is InChI=1S/C15H20N2O6S2/c1-10-2-3-12(23-10)14(18)16-4-6-17(7-5-16)25(21,22)13-8-11(9-24-13)15(19)20/h8-10,12H,2-7H2,1H3,(H,19,20). The topological polar surface area (TPSA) is 104 Å². The Bertz CT molecular complexity index is 767. The van der Waals surface area contributed by atoms with Gasteiger partial charge in [0, 0.05) is 31.6 Å². The first-order valence-corrected chi connectivity index (χ1v) is 10.4. The number of sulfonamides is 1. The zero-order valence-electron chi connectivity index (χ0n) is 13.8. The molecule has 2 unspecified atom stereocenters. The molecule has 2 saturated heterocycles. The van der Waals surface area contributed by atoms with Crippen molar-refractivity contribution in [1.82, 2.24) is 9.21 Å². The second-order valence-corrected chi connectivity index (χ2v) is 9.28. The van der Waals surface area contributed by atoms with E-state index in [1.807, 2.05) is 6.92 Å². The Kier molecular flexibility index (Phi) is 5.14. The van der Waals surface area contributed by atoms with E-state index in [0.717, 1.165) is 17.8 Å². The van der Waals surface area contributed by atoms with Crippen LogP contribution in [0.5, 0.6) is 0 Å². The van der Waals surface area contributed by atoms with Crippen LogP contribution in [0.4, 0.5) is 0 Å². The molecule has 0 radical (unpaired) electrons. The third-order valence-electron chi connectivity index (χ3n) is 4.47. The summed E-state index contributed by atoms with van der Waals surface area (Å²) in [6.07, 6.45) is 1.22. The fraction of sp³-hybridized carbons (Fsp3) is 0.600. The summed E-state index contributed by atoms with van der Waals surface area (Å²) >= 11 is 0.895. The third-order valence-corrected chi connectivity index (χ3v) is 7.79. The average Bonchev–Trinajstić information content (AvgIpc) is 3.24. The number of amides is 1. The van der Waals surface area contributed by atoms with Crippen molar-refractivity contribution in [3.05, 3.63) is 17.0 Å². The number of hydrogen-bond donors (Lipinski definition) is 1. The Morgan fingerprint density at radius 1 is 1.24 bits per heavy atom. The Hall–Kier alpha value is -1.49. The molecule has 0 aromatic carbocycles. The number of piperazine rings is 1. The Morgan fingerprint density at radius 2 is 1.92 bits per heavy atom. The van der Waals surface area contributed by atoms with Crippen LogP contribution >= 0.6 is 11.3 Å². The molecule has 1 amide bonds. The fourth-order valence-electron chi connectivity index (χ4n) is 3.03. The van der Waals surface area contributed by atoms with Gasteiger partial charge >= 0.3 is 5.97 Å². The minimum Gasteiger partial charge on any atom is -0.478 e. The minimum atomic E-state index is -3.73. The number of aromatic carboxylic acids is 1. The van der Waals surface area contributed by atoms with E-state index in [9.17, 15) is 18.0 Å². The molecule has 3 heterocycles. The molecule has 0 spiro atoms. The van der Waals surface area contributed by atoms with Gasteiger partial charge in [0.05, 0.1) is 11.7 Å². The number of carbonyl (C=O) groups is 2. The van der Waals surface area contributed by atoms with E-state index < -0.39 is 22.1 Å². The first-order valence-electron chi connectivity index (χ1n) is 8.05. The predicted molar refractivity (Wildman–Crippen MR) is 90.2 cm³/mol. The van der Waals surface area contributed by atoms with Gasteiger partial charge in [-0.05, 0) is 25.8 Å². The van der Waals surface area contributed by atoms with Crippen LogP contribution in [0.3, 0.4) is 0 Å². The summed E-state index contributed by atoms with van der Waals surface area (Å²) in [6.45, 7) is 2.93. The van der Waals surface area contributed by atoms with Gasteiger partial charge in [-0.15, -0.1) is 11.3 Å². The summed E-state index contributed by atoms with van der Waals surface area (Å²) in [5, 5.41) is 10.2. The first kappa shape index (κ1) is 18.3. The molecule has 10 heteroatoms. The average molecular weight is 388 g/mol. The van der Waals surface area contributed by atoms with Crippen molar-refractivity contribution < 1.29 is 27.9 Å². The lowest BCUT2D eigenvalue weighted by molar-refractivity contribution is -0.143. The van der Waals surface area contributed by atoms with Crippen molar-refractivity contribution in [3.8, 4) is 0 Å². The van der Waals surface area contributed by atoms with Gasteiger partial charge in [0.1, 0.15) is 10.3 Å². The molecule has 8 nitrogen and oxygen atoms in total. The number of thiophene rings is 1. The quantitative estimate of drug-likeness (QED) is 0.820. The minimum absolute atomic E-state index is 0.0117. The molecule has 1 aromatic heterocycles. The van der Waals surface area contributed by atoms with Crippen LogP contribution in [0.1, 0.15) is 30.1 Å². The number of rotatable bonds is 4. The van der Waals surface area contributed by atoms with Gasteiger partial charge in [-0.2, -0.15) is 4.31 Å². The number of ether oxygens (including phenoxy) is 1. The molecular formula is C15H20N2O6S2. The van der Waals surface area contributed by atoms with Crippen molar-refractivity contribution in [1.29, 1.82) is 0 Å². The highest BCUT2D eigenvalue weighted by Crippen LogP contribution is 2.26. The van der Waals surface area contributed by atoms with Crippen molar-refractivity contribution in [2.24, 2.45) is 0 Å². The van der Waals surface area contributed by atoms with Gasteiger partial charge in [-0.25, -0.2) is 13.2 Å². The second kappa shape index (κ2) is 7.02. The van der Waals surface area contributed by atoms with E-state index in [-0.39, 0.29) is 34.9 Å². The van der Waals surface area contributed by atoms with Gasteiger partial charge in [-0.3, -0.25) is 4.79 Å². The molecular weight excluding hydrogens is 368 g/mol. The zero-order valence-corrected chi connectivity index (χ0v) is 15.4. The van der Waals surface area contributed by atoms with E-state index in [1.165, 1.54) is 15.8 Å². The molecule has 0 aliphatic carbocycles. The van der Waals surface area contributed by atoms with Crippen LogP contribution < -0.4 is 0 Å². The Labute approximate surface area is 150 Å². The molecule has 1 aromatic rings. The molecule has 2 fully saturated rings. The number of carbonyl (C=O) groups excluding carboxylic acids is 1. The SMILES string of the molecule is CC1CCC(C(=O)N2CCN(S(=O)(=O)c3cc(C(=O)O)cs3)CC2)O1. The summed E-state index contributed by atoms with van der Waals surface area (Å²) in [5.41, 5.74) is -0.0371. The Morgan fingerprint density at radius 3 is 2.44 bits per heavy atom. The maximum atomic E-state index is 12.6. The largest absolute Gasteiger partial charge is 0.478 e. The zero-order chi connectivity index (χ0) is 18.2. The summed E-state index contributed by atoms with van der Waals surface area (Å²) in [7, 11) is -3.73. The van der Waals surface area contributed by atoms with E-state index in [2.05, 4.69) is 0 Å². The monoisotopic (exact) mass is 388 g/mol. The molecule has 2 aliphatic heterocycles. The third kappa shape index (κ3) is 3.71. The Balaban J connectivity index is 1.63. The lowest BCUT2D eigenvalue weighted by atomic mass is 10.2. The van der Waals surface area contributed by atoms with Crippen molar-refractivity contribution in [2.75, 3.05) is 26.2 Å². The molecule has 2 aliphatic rings. The molecule has 2 atom stereocenters. The number of carboxylic acids is 1. The molecule has 3 rings (SSSR count). The summed E-state index contributed by atoms with van der Waals surface area (Å²) < 4.78 is 32.1. The smallest absolute Gasteiger partial charge is 0.336 e. The summed E-state index contributed by atoms with van der Waals surface area (Å²) in [4.78, 5) is 25.0. The van der Waals surface area contributed by atoms with E-state index in [0.29, 0.717) is 19.5 Å². The second-order valence-electron chi connectivity index (χ2n) is 6.20. The van der Waals surface area contributed by atoms with E-state index >= 15 is 0 Å². The van der Waals surface area contributed by atoms with E-state index in [4.69, 9.17) is 9.84 Å². The van der Waals surface area contributed by atoms with Crippen LogP contribution in [-0.4, -0.2) is 73.0 Å². The molecule has 0 bridgehead atoms. The molecule has 25 heavy (non-hydrogen) atoms. The van der Waals surface area contributed by atoms with Gasteiger partial charge in [0.15, 0.2) is 0 Å². The van der Waals surface area contributed by atoms with Crippen LogP contribution in [0.15, 0.2) is 15.7 Å². The number of nitrogens with zero attached hydrogens (tertiary/aromatic N) is 2. The maximum Gasteiger partial charge on any atom is 0.336 e. The van der Waals surface area contributed by atoms with Gasteiger partial charge in [-0.1, -0.05) is 0 Å². The number of carboxylic acid groups (broad SMARTS) is 1. The predicted octanol–water partition coefficient (Wildman–Crippen LogP) is 0.847. The maximum absolute atomic E-state index is 12.6. The van der Waals surface area contributed by atoms with Crippen LogP contribution in [0.2, 0.25) is 0 Å². The highest BCUT2D eigenvalue weighted by molar-refractivity contribution is 7.91. The molecule has 138 valence electrons. The summed E-state index contributed by atoms with van der Waals surface area (Å²) in [5.74, 6) is -1.23. The van der Waals surface area contributed by atoms with Crippen LogP contribution in [-0.2, 0) is 19.6 Å². The van der Waals surface area contributed by atoms with Gasteiger partial charge in [0.2, 0.25) is 0 Å². The van der Waals surface area contributed by atoms with Crippen LogP contribution in [0, 0.1) is 0 Å². The van der Waals surface area contributed by atoms with Crippen LogP contribution in [0.25, 0.3) is 0 Å². The van der Waals surface area contributed by atoms with Crippen molar-refractivity contribution in [2.45, 2.75) is 36.2 Å². The normalized spacial score (nSPS) is 25.2. The summed E-state index contributed by atoms with van der Waals surface area (Å²) in [6, 6.07) is 1.17. The van der Waals surface area contributed by atoms with Crippen molar-refractivity contribution >= 4 is 33.2 Å². The lowest BCUT2D eigenvalue weighted by Gasteiger charge is -2.34. The number of hydrogen-bond acceptors (Lipinski definition) is 6. The fourth-order valence-corrected chi connectivity index (χ4v) is 5.76. The highest BCUT2D eigenvalue weighted by atomic mass is 32.2. The lowest BCUT2D eigenvalue weighted by Crippen LogP contribution is -2.52. The van der Waals surface area contributed by atoms with Gasteiger partial charge in [0.25, 0.3) is 15.9 Å². The molecule has 0 saturated carbocycles.